The Morgan fingerprint density at radius 3 is 2.29 bits per heavy atom. The largest absolute Gasteiger partial charge is 0.496 e. The van der Waals surface area contributed by atoms with Crippen molar-refractivity contribution in [2.24, 2.45) is 5.92 Å². The number of methoxy groups -OCH3 is 2. The van der Waals surface area contributed by atoms with Gasteiger partial charge < -0.3 is 20.1 Å². The molecule has 6 nitrogen and oxygen atoms in total. The van der Waals surface area contributed by atoms with E-state index in [1.807, 2.05) is 6.07 Å². The van der Waals surface area contributed by atoms with Gasteiger partial charge in [0, 0.05) is 6.54 Å². The fourth-order valence-electron chi connectivity index (χ4n) is 2.15. The average Bonchev–Trinajstić information content (AvgIpc) is 2.60. The summed E-state index contributed by atoms with van der Waals surface area (Å²) in [5.74, 6) is 1.56. The summed E-state index contributed by atoms with van der Waals surface area (Å²) in [6.45, 7) is 5.14. The maximum Gasteiger partial charge on any atom is 0.264 e. The molecule has 1 amide bonds. The number of rotatable bonds is 7. The van der Waals surface area contributed by atoms with Crippen LogP contribution in [0.25, 0.3) is 0 Å². The molecule has 0 bridgehead atoms. The number of nitrogens with zero attached hydrogens (tertiary/aromatic N) is 1. The number of aromatic nitrogens is 1. The van der Waals surface area contributed by atoms with Gasteiger partial charge in [-0.3, -0.25) is 4.79 Å². The molecular weight excluding hydrogens is 306 g/mol. The van der Waals surface area contributed by atoms with Crippen LogP contribution in [0, 0.1) is 5.92 Å². The van der Waals surface area contributed by atoms with E-state index in [4.69, 9.17) is 9.47 Å². The van der Waals surface area contributed by atoms with Crippen LogP contribution in [0.4, 0.5) is 11.5 Å². The van der Waals surface area contributed by atoms with E-state index < -0.39 is 0 Å². The number of amides is 1. The molecule has 6 heteroatoms. The maximum atomic E-state index is 12.5. The number of nitrogens with one attached hydrogen (secondary N) is 2. The van der Waals surface area contributed by atoms with Gasteiger partial charge in [-0.25, -0.2) is 4.98 Å². The van der Waals surface area contributed by atoms with Crippen molar-refractivity contribution in [1.29, 1.82) is 0 Å². The molecule has 0 fully saturated rings. The quantitative estimate of drug-likeness (QED) is 0.814. The summed E-state index contributed by atoms with van der Waals surface area (Å²) in [6, 6.07) is 8.82. The Labute approximate surface area is 142 Å². The smallest absolute Gasteiger partial charge is 0.264 e. The molecule has 128 valence electrons. The van der Waals surface area contributed by atoms with E-state index >= 15 is 0 Å². The zero-order valence-corrected chi connectivity index (χ0v) is 14.4. The molecule has 0 aliphatic rings. The van der Waals surface area contributed by atoms with Crippen molar-refractivity contribution < 1.29 is 14.3 Å². The highest BCUT2D eigenvalue weighted by molar-refractivity contribution is 6.07. The van der Waals surface area contributed by atoms with Gasteiger partial charge in [-0.15, -0.1) is 0 Å². The Morgan fingerprint density at radius 2 is 1.79 bits per heavy atom. The van der Waals surface area contributed by atoms with Crippen LogP contribution in [0.3, 0.4) is 0 Å². The highest BCUT2D eigenvalue weighted by Crippen LogP contribution is 2.28. The third kappa shape index (κ3) is 4.38. The number of hydrogen-bond acceptors (Lipinski definition) is 5. The lowest BCUT2D eigenvalue weighted by Gasteiger charge is -2.13. The lowest BCUT2D eigenvalue weighted by Crippen LogP contribution is -2.15. The summed E-state index contributed by atoms with van der Waals surface area (Å²) in [6.07, 6.45) is 1.69. The fraction of sp³-hybridized carbons (Fsp3) is 0.333. The highest BCUT2D eigenvalue weighted by atomic mass is 16.5. The molecule has 0 atom stereocenters. The molecule has 0 spiro atoms. The second kappa shape index (κ2) is 8.19. The van der Waals surface area contributed by atoms with Crippen molar-refractivity contribution in [3.05, 3.63) is 42.1 Å². The summed E-state index contributed by atoms with van der Waals surface area (Å²) >= 11 is 0. The molecule has 0 radical (unpaired) electrons. The van der Waals surface area contributed by atoms with Crippen molar-refractivity contribution in [3.63, 3.8) is 0 Å². The molecule has 0 saturated carbocycles. The van der Waals surface area contributed by atoms with Gasteiger partial charge in [0.05, 0.1) is 26.1 Å². The van der Waals surface area contributed by atoms with E-state index in [1.165, 1.54) is 14.2 Å². The number of carbonyl (C=O) groups is 1. The fourth-order valence-corrected chi connectivity index (χ4v) is 2.15. The molecule has 0 aliphatic heterocycles. The van der Waals surface area contributed by atoms with Gasteiger partial charge >= 0.3 is 0 Å². The van der Waals surface area contributed by atoms with E-state index in [1.54, 1.807) is 30.5 Å². The molecule has 1 heterocycles. The standard InChI is InChI=1S/C18H23N3O3/c1-12(2)10-19-13-8-9-16(20-11-13)21-18(22)17-14(23-3)6-5-7-15(17)24-4/h5-9,11-12,19H,10H2,1-4H3,(H,20,21,22). The molecule has 0 saturated heterocycles. The normalized spacial score (nSPS) is 10.4. The Balaban J connectivity index is 2.12. The number of benzene rings is 1. The first kappa shape index (κ1) is 17.6. The summed E-state index contributed by atoms with van der Waals surface area (Å²) in [4.78, 5) is 16.8. The van der Waals surface area contributed by atoms with Crippen molar-refractivity contribution in [3.8, 4) is 11.5 Å². The van der Waals surface area contributed by atoms with Gasteiger partial charge in [0.25, 0.3) is 5.91 Å². The Bertz CT molecular complexity index is 662. The van der Waals surface area contributed by atoms with Crippen molar-refractivity contribution in [2.75, 3.05) is 31.4 Å². The number of carbonyl (C=O) groups excluding carboxylic acids is 1. The van der Waals surface area contributed by atoms with Crippen LogP contribution in [0.1, 0.15) is 24.2 Å². The number of pyridine rings is 1. The van der Waals surface area contributed by atoms with Crippen LogP contribution in [0.2, 0.25) is 0 Å². The van der Waals surface area contributed by atoms with Crippen molar-refractivity contribution in [1.82, 2.24) is 4.98 Å². The molecule has 2 rings (SSSR count). The van der Waals surface area contributed by atoms with E-state index in [0.29, 0.717) is 28.8 Å². The minimum atomic E-state index is -0.334. The molecule has 2 N–H and O–H groups in total. The van der Waals surface area contributed by atoms with E-state index in [-0.39, 0.29) is 5.91 Å². The first-order valence-corrected chi connectivity index (χ1v) is 7.77. The lowest BCUT2D eigenvalue weighted by molar-refractivity contribution is 0.102. The van der Waals surface area contributed by atoms with Crippen LogP contribution in [-0.2, 0) is 0 Å². The molecule has 1 aromatic carbocycles. The predicted molar refractivity (Wildman–Crippen MR) is 95.1 cm³/mol. The van der Waals surface area contributed by atoms with Gasteiger partial charge in [-0.2, -0.15) is 0 Å². The minimum Gasteiger partial charge on any atom is -0.496 e. The van der Waals surface area contributed by atoms with E-state index in [9.17, 15) is 4.79 Å². The maximum absolute atomic E-state index is 12.5. The van der Waals surface area contributed by atoms with Gasteiger partial charge in [0.1, 0.15) is 22.9 Å². The zero-order valence-electron chi connectivity index (χ0n) is 14.4. The summed E-state index contributed by atoms with van der Waals surface area (Å²) in [7, 11) is 3.03. The van der Waals surface area contributed by atoms with E-state index in [0.717, 1.165) is 12.2 Å². The van der Waals surface area contributed by atoms with Crippen LogP contribution < -0.4 is 20.1 Å². The lowest BCUT2D eigenvalue weighted by atomic mass is 10.1. The molecule has 0 aliphatic carbocycles. The third-order valence-corrected chi connectivity index (χ3v) is 3.37. The highest BCUT2D eigenvalue weighted by Gasteiger charge is 2.18. The summed E-state index contributed by atoms with van der Waals surface area (Å²) in [5.41, 5.74) is 1.25. The van der Waals surface area contributed by atoms with Crippen LogP contribution in [0.15, 0.2) is 36.5 Å². The first-order chi connectivity index (χ1) is 11.5. The minimum absolute atomic E-state index is 0.334. The van der Waals surface area contributed by atoms with Crippen LogP contribution >= 0.6 is 0 Å². The first-order valence-electron chi connectivity index (χ1n) is 7.77. The molecular formula is C18H23N3O3. The monoisotopic (exact) mass is 329 g/mol. The second-order valence-corrected chi connectivity index (χ2v) is 5.70. The summed E-state index contributed by atoms with van der Waals surface area (Å²) < 4.78 is 10.5. The van der Waals surface area contributed by atoms with E-state index in [2.05, 4.69) is 29.5 Å². The summed E-state index contributed by atoms with van der Waals surface area (Å²) in [5, 5.41) is 6.04. The molecule has 24 heavy (non-hydrogen) atoms. The predicted octanol–water partition coefficient (Wildman–Crippen LogP) is 3.42. The molecule has 0 unspecified atom stereocenters. The second-order valence-electron chi connectivity index (χ2n) is 5.70. The number of anilines is 2. The number of hydrogen-bond donors (Lipinski definition) is 2. The Hall–Kier alpha value is -2.76. The SMILES string of the molecule is COc1cccc(OC)c1C(=O)Nc1ccc(NCC(C)C)cn1. The zero-order chi connectivity index (χ0) is 17.5. The van der Waals surface area contributed by atoms with Gasteiger partial charge in [0.2, 0.25) is 0 Å². The van der Waals surface area contributed by atoms with Crippen molar-refractivity contribution >= 4 is 17.4 Å². The van der Waals surface area contributed by atoms with Gasteiger partial charge in [-0.1, -0.05) is 19.9 Å². The van der Waals surface area contributed by atoms with Gasteiger partial charge in [-0.05, 0) is 30.2 Å². The number of ether oxygens (including phenoxy) is 2. The third-order valence-electron chi connectivity index (χ3n) is 3.37. The van der Waals surface area contributed by atoms with Crippen LogP contribution in [-0.4, -0.2) is 31.7 Å². The van der Waals surface area contributed by atoms with Crippen molar-refractivity contribution in [2.45, 2.75) is 13.8 Å². The van der Waals surface area contributed by atoms with Gasteiger partial charge in [0.15, 0.2) is 0 Å². The topological polar surface area (TPSA) is 72.5 Å². The van der Waals surface area contributed by atoms with Crippen LogP contribution in [0.5, 0.6) is 11.5 Å². The average molecular weight is 329 g/mol. The Kier molecular flexibility index (Phi) is 6.01. The molecule has 2 aromatic rings. The Morgan fingerprint density at radius 1 is 1.12 bits per heavy atom. The molecule has 1 aromatic heterocycles.